The third-order valence-electron chi connectivity index (χ3n) is 4.87. The topological polar surface area (TPSA) is 28.2 Å². The van der Waals surface area contributed by atoms with E-state index in [0.717, 1.165) is 21.6 Å². The highest BCUT2D eigenvalue weighted by Crippen LogP contribution is 2.32. The molecular formula is C17H20ClN3. The van der Waals surface area contributed by atoms with Gasteiger partial charge in [-0.1, -0.05) is 24.1 Å². The maximum absolute atomic E-state index is 6.27. The van der Waals surface area contributed by atoms with Gasteiger partial charge in [0.1, 0.15) is 0 Å². The van der Waals surface area contributed by atoms with Gasteiger partial charge in [0.25, 0.3) is 0 Å². The van der Waals surface area contributed by atoms with Crippen LogP contribution in [0.1, 0.15) is 25.7 Å². The number of fused-ring (bicyclic) bond motifs is 2. The lowest BCUT2D eigenvalue weighted by Gasteiger charge is -2.33. The van der Waals surface area contributed by atoms with Crippen LogP contribution in [-0.4, -0.2) is 35.1 Å². The molecule has 2 aliphatic heterocycles. The summed E-state index contributed by atoms with van der Waals surface area (Å²) in [6.45, 7) is 2.48. The van der Waals surface area contributed by atoms with E-state index in [1.54, 1.807) is 0 Å². The molecule has 2 atom stereocenters. The van der Waals surface area contributed by atoms with E-state index in [2.05, 4.69) is 21.3 Å². The molecule has 1 aromatic carbocycles. The minimum atomic E-state index is 0.522. The van der Waals surface area contributed by atoms with E-state index in [9.17, 15) is 0 Å². The molecule has 2 saturated heterocycles. The fourth-order valence-corrected chi connectivity index (χ4v) is 4.11. The highest BCUT2D eigenvalue weighted by atomic mass is 35.5. The Labute approximate surface area is 130 Å². The predicted octanol–water partition coefficient (Wildman–Crippen LogP) is 3.93. The van der Waals surface area contributed by atoms with E-state index >= 15 is 0 Å². The van der Waals surface area contributed by atoms with Gasteiger partial charge in [-0.05, 0) is 44.0 Å². The molecule has 2 unspecified atom stereocenters. The lowest BCUT2D eigenvalue weighted by atomic mass is 9.98. The van der Waals surface area contributed by atoms with E-state index in [1.807, 2.05) is 24.4 Å². The Hall–Kier alpha value is -1.32. The molecule has 0 radical (unpaired) electrons. The fourth-order valence-electron chi connectivity index (χ4n) is 3.88. The summed E-state index contributed by atoms with van der Waals surface area (Å²) in [5.74, 6) is 0. The van der Waals surface area contributed by atoms with Crippen molar-refractivity contribution >= 4 is 28.2 Å². The number of nitrogens with zero attached hydrogens (tertiary/aromatic N) is 2. The normalized spacial score (nSPS) is 26.0. The Bertz CT molecular complexity index is 658. The molecule has 2 fully saturated rings. The van der Waals surface area contributed by atoms with Crippen LogP contribution in [0.2, 0.25) is 5.02 Å². The first-order valence-electron chi connectivity index (χ1n) is 7.86. The van der Waals surface area contributed by atoms with Gasteiger partial charge in [-0.15, -0.1) is 0 Å². The molecule has 2 aromatic rings. The second kappa shape index (κ2) is 5.47. The zero-order valence-electron chi connectivity index (χ0n) is 12.1. The summed E-state index contributed by atoms with van der Waals surface area (Å²) in [6.07, 6.45) is 7.08. The minimum absolute atomic E-state index is 0.522. The van der Waals surface area contributed by atoms with E-state index in [4.69, 9.17) is 11.6 Å². The van der Waals surface area contributed by atoms with E-state index < -0.39 is 0 Å². The van der Waals surface area contributed by atoms with Gasteiger partial charge in [-0.2, -0.15) is 0 Å². The summed E-state index contributed by atoms with van der Waals surface area (Å²) in [5.41, 5.74) is 2.10. The number of benzene rings is 1. The first-order chi connectivity index (χ1) is 10.3. The predicted molar refractivity (Wildman–Crippen MR) is 88.0 cm³/mol. The molecule has 1 aromatic heterocycles. The molecule has 4 heteroatoms. The molecule has 4 rings (SSSR count). The van der Waals surface area contributed by atoms with Crippen molar-refractivity contribution in [1.82, 2.24) is 9.88 Å². The number of hydrogen-bond acceptors (Lipinski definition) is 3. The lowest BCUT2D eigenvalue weighted by molar-refractivity contribution is 0.193. The van der Waals surface area contributed by atoms with Crippen molar-refractivity contribution < 1.29 is 0 Å². The Morgan fingerprint density at radius 1 is 1.19 bits per heavy atom. The van der Waals surface area contributed by atoms with Crippen LogP contribution >= 0.6 is 11.6 Å². The lowest BCUT2D eigenvalue weighted by Crippen LogP contribution is -2.41. The largest absolute Gasteiger partial charge is 0.379 e. The van der Waals surface area contributed by atoms with Gasteiger partial charge in [-0.3, -0.25) is 9.88 Å². The molecule has 0 aliphatic carbocycles. The van der Waals surface area contributed by atoms with Gasteiger partial charge in [0.15, 0.2) is 0 Å². The number of pyridine rings is 1. The molecular weight excluding hydrogens is 282 g/mol. The summed E-state index contributed by atoms with van der Waals surface area (Å²) < 4.78 is 0. The molecule has 0 bridgehead atoms. The third kappa shape index (κ3) is 2.49. The van der Waals surface area contributed by atoms with E-state index in [1.165, 1.54) is 38.8 Å². The standard InChI is InChI=1S/C17H20ClN3/c18-13-10-12-4-3-7-19-17(12)15(11-13)20-14-6-9-21-8-2-1-5-16(14)21/h3-4,7,10-11,14,16,20H,1-2,5-6,8-9H2. The first kappa shape index (κ1) is 13.4. The average molecular weight is 302 g/mol. The summed E-state index contributed by atoms with van der Waals surface area (Å²) in [5, 5.41) is 5.61. The van der Waals surface area contributed by atoms with Crippen LogP contribution in [0.5, 0.6) is 0 Å². The van der Waals surface area contributed by atoms with Gasteiger partial charge in [-0.25, -0.2) is 0 Å². The Kier molecular flexibility index (Phi) is 3.48. The van der Waals surface area contributed by atoms with Crippen LogP contribution in [0.4, 0.5) is 5.69 Å². The highest BCUT2D eigenvalue weighted by molar-refractivity contribution is 6.31. The number of aromatic nitrogens is 1. The van der Waals surface area contributed by atoms with Gasteiger partial charge in [0, 0.05) is 35.2 Å². The molecule has 110 valence electrons. The van der Waals surface area contributed by atoms with Crippen LogP contribution in [0.25, 0.3) is 10.9 Å². The number of rotatable bonds is 2. The van der Waals surface area contributed by atoms with Crippen molar-refractivity contribution in [3.05, 3.63) is 35.5 Å². The molecule has 0 spiro atoms. The summed E-state index contributed by atoms with van der Waals surface area (Å²) in [6, 6.07) is 9.23. The van der Waals surface area contributed by atoms with Gasteiger partial charge < -0.3 is 5.32 Å². The SMILES string of the molecule is Clc1cc(NC2CCN3CCCCC23)c2ncccc2c1. The van der Waals surface area contributed by atoms with Crippen LogP contribution in [0, 0.1) is 0 Å². The second-order valence-electron chi connectivity index (χ2n) is 6.17. The Morgan fingerprint density at radius 2 is 2.14 bits per heavy atom. The molecule has 3 nitrogen and oxygen atoms in total. The third-order valence-corrected chi connectivity index (χ3v) is 5.08. The maximum Gasteiger partial charge on any atom is 0.0934 e. The summed E-state index contributed by atoms with van der Waals surface area (Å²) in [7, 11) is 0. The first-order valence-corrected chi connectivity index (χ1v) is 8.24. The molecule has 1 N–H and O–H groups in total. The monoisotopic (exact) mass is 301 g/mol. The van der Waals surface area contributed by atoms with Crippen LogP contribution in [0.15, 0.2) is 30.5 Å². The Balaban J connectivity index is 1.65. The van der Waals surface area contributed by atoms with Gasteiger partial charge in [0.2, 0.25) is 0 Å². The van der Waals surface area contributed by atoms with Crippen molar-refractivity contribution in [2.45, 2.75) is 37.8 Å². The van der Waals surface area contributed by atoms with Crippen molar-refractivity contribution in [3.63, 3.8) is 0 Å². The molecule has 0 amide bonds. The fraction of sp³-hybridized carbons (Fsp3) is 0.471. The quantitative estimate of drug-likeness (QED) is 0.911. The smallest absolute Gasteiger partial charge is 0.0934 e. The number of piperidine rings is 1. The number of nitrogens with one attached hydrogen (secondary N) is 1. The molecule has 2 aliphatic rings. The summed E-state index contributed by atoms with van der Waals surface area (Å²) in [4.78, 5) is 7.17. The zero-order valence-corrected chi connectivity index (χ0v) is 12.8. The summed E-state index contributed by atoms with van der Waals surface area (Å²) >= 11 is 6.27. The average Bonchev–Trinajstić information content (AvgIpc) is 2.90. The zero-order chi connectivity index (χ0) is 14.2. The van der Waals surface area contributed by atoms with Crippen molar-refractivity contribution in [2.24, 2.45) is 0 Å². The minimum Gasteiger partial charge on any atom is -0.379 e. The van der Waals surface area contributed by atoms with Crippen LogP contribution < -0.4 is 5.32 Å². The van der Waals surface area contributed by atoms with Gasteiger partial charge >= 0.3 is 0 Å². The van der Waals surface area contributed by atoms with Crippen LogP contribution in [0.3, 0.4) is 0 Å². The molecule has 21 heavy (non-hydrogen) atoms. The van der Waals surface area contributed by atoms with E-state index in [-0.39, 0.29) is 0 Å². The highest BCUT2D eigenvalue weighted by Gasteiger charge is 2.35. The van der Waals surface area contributed by atoms with Crippen molar-refractivity contribution in [2.75, 3.05) is 18.4 Å². The number of halogens is 1. The number of anilines is 1. The molecule has 0 saturated carbocycles. The van der Waals surface area contributed by atoms with Crippen LogP contribution in [-0.2, 0) is 0 Å². The maximum atomic E-state index is 6.27. The van der Waals surface area contributed by atoms with Gasteiger partial charge in [0.05, 0.1) is 11.2 Å². The van der Waals surface area contributed by atoms with Crippen molar-refractivity contribution in [1.29, 1.82) is 0 Å². The molecule has 3 heterocycles. The van der Waals surface area contributed by atoms with E-state index in [0.29, 0.717) is 12.1 Å². The number of hydrogen-bond donors (Lipinski definition) is 1. The second-order valence-corrected chi connectivity index (χ2v) is 6.60. The Morgan fingerprint density at radius 3 is 3.10 bits per heavy atom. The van der Waals surface area contributed by atoms with Crippen molar-refractivity contribution in [3.8, 4) is 0 Å².